The van der Waals surface area contributed by atoms with Gasteiger partial charge < -0.3 is 16.1 Å². The van der Waals surface area contributed by atoms with E-state index in [4.69, 9.17) is 23.3 Å². The molecule has 170 valence electrons. The maximum absolute atomic E-state index is 13.0. The summed E-state index contributed by atoms with van der Waals surface area (Å²) in [5, 5.41) is 8.20. The van der Waals surface area contributed by atoms with Crippen LogP contribution >= 0.6 is 11.6 Å². The van der Waals surface area contributed by atoms with Gasteiger partial charge in [-0.1, -0.05) is 37.8 Å². The molecule has 1 saturated carbocycles. The smallest absolute Gasteiger partial charge is 0.243 e. The number of nitrogens with zero attached hydrogens (tertiary/aromatic N) is 3. The first kappa shape index (κ1) is 23.3. The van der Waals surface area contributed by atoms with E-state index in [1.807, 2.05) is 0 Å². The van der Waals surface area contributed by atoms with Crippen molar-refractivity contribution in [2.45, 2.75) is 64.5 Å². The molecule has 3 rings (SSSR count). The number of hydrazine groups is 1. The lowest BCUT2D eigenvalue weighted by atomic mass is 9.86. The number of anilines is 1. The molecule has 8 nitrogen and oxygen atoms in total. The van der Waals surface area contributed by atoms with Crippen molar-refractivity contribution in [3.63, 3.8) is 0 Å². The Bertz CT molecular complexity index is 811. The highest BCUT2D eigenvalue weighted by Crippen LogP contribution is 2.30. The van der Waals surface area contributed by atoms with E-state index in [-0.39, 0.29) is 18.4 Å². The van der Waals surface area contributed by atoms with Gasteiger partial charge in [0.25, 0.3) is 0 Å². The summed E-state index contributed by atoms with van der Waals surface area (Å²) < 4.78 is 0. The highest BCUT2D eigenvalue weighted by Gasteiger charge is 2.38. The van der Waals surface area contributed by atoms with E-state index in [0.29, 0.717) is 41.9 Å². The third kappa shape index (κ3) is 6.11. The van der Waals surface area contributed by atoms with Gasteiger partial charge in [0.15, 0.2) is 0 Å². The number of amides is 2. The number of carbonyl (C=O) groups is 2. The molecular weight excluding hydrogens is 416 g/mol. The normalized spacial score (nSPS) is 22.1. The van der Waals surface area contributed by atoms with Crippen LogP contribution in [-0.4, -0.2) is 35.6 Å². The van der Waals surface area contributed by atoms with Gasteiger partial charge in [-0.05, 0) is 54.9 Å². The summed E-state index contributed by atoms with van der Waals surface area (Å²) in [4.78, 5) is 27.8. The van der Waals surface area contributed by atoms with Crippen LogP contribution in [0.15, 0.2) is 23.3 Å². The molecule has 2 aliphatic rings. The lowest BCUT2D eigenvalue weighted by Crippen LogP contribution is -2.46. The first-order valence-corrected chi connectivity index (χ1v) is 11.4. The predicted octanol–water partition coefficient (Wildman–Crippen LogP) is 2.75. The Morgan fingerprint density at radius 1 is 1.32 bits per heavy atom. The van der Waals surface area contributed by atoms with Gasteiger partial charge >= 0.3 is 0 Å². The van der Waals surface area contributed by atoms with Gasteiger partial charge in [0.1, 0.15) is 12.4 Å². The number of nitrogens with one attached hydrogen (secondary N) is 1. The van der Waals surface area contributed by atoms with Crippen LogP contribution in [0.1, 0.15) is 57.4 Å². The van der Waals surface area contributed by atoms with Gasteiger partial charge in [0, 0.05) is 24.5 Å². The zero-order valence-electron chi connectivity index (χ0n) is 18.1. The molecule has 1 heterocycles. The largest absolute Gasteiger partial charge is 0.350 e. The fourth-order valence-corrected chi connectivity index (χ4v) is 4.90. The van der Waals surface area contributed by atoms with Crippen LogP contribution in [0, 0.1) is 11.8 Å². The number of nitrogens with two attached hydrogens (primary N) is 2. The molecule has 2 amide bonds. The number of hydrogen-bond acceptors (Lipinski definition) is 5. The van der Waals surface area contributed by atoms with Crippen LogP contribution in [0.5, 0.6) is 0 Å². The van der Waals surface area contributed by atoms with Crippen LogP contribution in [0.25, 0.3) is 0 Å². The van der Waals surface area contributed by atoms with Crippen molar-refractivity contribution >= 4 is 35.4 Å². The molecule has 1 aliphatic heterocycles. The minimum Gasteiger partial charge on any atom is -0.350 e. The van der Waals surface area contributed by atoms with Gasteiger partial charge in [0.2, 0.25) is 11.8 Å². The Balaban J connectivity index is 1.65. The highest BCUT2D eigenvalue weighted by atomic mass is 35.5. The molecule has 2 fully saturated rings. The van der Waals surface area contributed by atoms with Crippen LogP contribution in [0.4, 0.5) is 5.69 Å². The molecule has 0 spiro atoms. The lowest BCUT2D eigenvalue weighted by molar-refractivity contribution is -0.139. The summed E-state index contributed by atoms with van der Waals surface area (Å²) in [7, 11) is 0. The summed E-state index contributed by atoms with van der Waals surface area (Å²) >= 11 is 6.13. The maximum Gasteiger partial charge on any atom is 0.243 e. The SMILES string of the molecule is C[C@@H]1CC(C(=O)NCc2cc(Cl)ccc2N(N)/C=N\N)N(C(=O)CC2CCCCC2)C1. The van der Waals surface area contributed by atoms with E-state index in [1.165, 1.54) is 30.6 Å². The van der Waals surface area contributed by atoms with Crippen molar-refractivity contribution in [2.24, 2.45) is 28.6 Å². The van der Waals surface area contributed by atoms with Crippen molar-refractivity contribution in [2.75, 3.05) is 11.6 Å². The predicted molar refractivity (Wildman–Crippen MR) is 123 cm³/mol. The fourth-order valence-electron chi connectivity index (χ4n) is 4.71. The molecule has 1 unspecified atom stereocenters. The van der Waals surface area contributed by atoms with Gasteiger partial charge in [0.05, 0.1) is 5.69 Å². The third-order valence-corrected chi connectivity index (χ3v) is 6.52. The quantitative estimate of drug-likeness (QED) is 0.256. The molecule has 0 radical (unpaired) electrons. The molecular formula is C22H33ClN6O2. The van der Waals surface area contributed by atoms with E-state index in [9.17, 15) is 9.59 Å². The van der Waals surface area contributed by atoms with E-state index >= 15 is 0 Å². The Hall–Kier alpha value is -2.32. The van der Waals surface area contributed by atoms with Crippen molar-refractivity contribution in [3.8, 4) is 0 Å². The van der Waals surface area contributed by atoms with Crippen LogP contribution in [0.3, 0.4) is 0 Å². The van der Waals surface area contributed by atoms with Gasteiger partial charge in [-0.25, -0.2) is 5.84 Å². The fraction of sp³-hybridized carbons (Fsp3) is 0.591. The minimum atomic E-state index is -0.437. The van der Waals surface area contributed by atoms with Gasteiger partial charge in [-0.2, -0.15) is 5.10 Å². The standard InChI is InChI=1S/C22H33ClN6O2/c1-15-9-20(28(13-15)21(30)10-16-5-3-2-4-6-16)22(31)26-12-17-11-18(23)7-8-19(17)29(25)14-27-24/h7-8,11,14-16,20H,2-6,9-10,12-13,24-25H2,1H3,(H,26,31)/b27-14-/t15-,20?/m1/s1. The Kier molecular flexibility index (Phi) is 8.15. The van der Waals surface area contributed by atoms with E-state index in [1.54, 1.807) is 23.1 Å². The average molecular weight is 449 g/mol. The van der Waals surface area contributed by atoms with Crippen molar-refractivity contribution in [1.29, 1.82) is 0 Å². The minimum absolute atomic E-state index is 0.104. The van der Waals surface area contributed by atoms with Crippen LogP contribution in [-0.2, 0) is 16.1 Å². The molecule has 0 bridgehead atoms. The number of hydrogen-bond donors (Lipinski definition) is 3. The number of likely N-dealkylation sites (tertiary alicyclic amines) is 1. The Labute approximate surface area is 188 Å². The summed E-state index contributed by atoms with van der Waals surface area (Å²) in [6.45, 7) is 2.95. The second kappa shape index (κ2) is 10.8. The molecule has 1 aromatic rings. The van der Waals surface area contributed by atoms with E-state index in [2.05, 4.69) is 17.3 Å². The monoisotopic (exact) mass is 448 g/mol. The first-order chi connectivity index (χ1) is 14.9. The lowest BCUT2D eigenvalue weighted by Gasteiger charge is -2.28. The zero-order chi connectivity index (χ0) is 22.4. The zero-order valence-corrected chi connectivity index (χ0v) is 18.9. The Morgan fingerprint density at radius 3 is 2.77 bits per heavy atom. The molecule has 9 heteroatoms. The maximum atomic E-state index is 13.0. The summed E-state index contributed by atoms with van der Waals surface area (Å²) in [6, 6.07) is 4.75. The number of rotatable bonds is 7. The van der Waals surface area contributed by atoms with E-state index < -0.39 is 6.04 Å². The summed E-state index contributed by atoms with van der Waals surface area (Å²) in [5.41, 5.74) is 1.36. The third-order valence-electron chi connectivity index (χ3n) is 6.29. The van der Waals surface area contributed by atoms with Gasteiger partial charge in [-0.15, -0.1) is 0 Å². The average Bonchev–Trinajstić information content (AvgIpc) is 3.15. The van der Waals surface area contributed by atoms with Crippen molar-refractivity contribution in [1.82, 2.24) is 10.2 Å². The van der Waals surface area contributed by atoms with Crippen molar-refractivity contribution in [3.05, 3.63) is 28.8 Å². The molecule has 2 atom stereocenters. The van der Waals surface area contributed by atoms with Crippen LogP contribution < -0.4 is 22.0 Å². The van der Waals surface area contributed by atoms with Crippen molar-refractivity contribution < 1.29 is 9.59 Å². The molecule has 1 aliphatic carbocycles. The van der Waals surface area contributed by atoms with E-state index in [0.717, 1.165) is 18.4 Å². The molecule has 0 aromatic heterocycles. The summed E-state index contributed by atoms with van der Waals surface area (Å²) in [6.07, 6.45) is 8.40. The molecule has 31 heavy (non-hydrogen) atoms. The topological polar surface area (TPSA) is 117 Å². The highest BCUT2D eigenvalue weighted by molar-refractivity contribution is 6.30. The molecule has 1 aromatic carbocycles. The first-order valence-electron chi connectivity index (χ1n) is 11.0. The molecule has 5 N–H and O–H groups in total. The second-order valence-corrected chi connectivity index (χ2v) is 9.21. The van der Waals surface area contributed by atoms with Gasteiger partial charge in [-0.3, -0.25) is 14.6 Å². The van der Waals surface area contributed by atoms with Crippen LogP contribution in [0.2, 0.25) is 5.02 Å². The molecule has 1 saturated heterocycles. The number of halogens is 1. The second-order valence-electron chi connectivity index (χ2n) is 8.77. The summed E-state index contributed by atoms with van der Waals surface area (Å²) in [5.74, 6) is 11.8. The number of carbonyl (C=O) groups excluding carboxylic acids is 2. The number of hydrazone groups is 1. The number of benzene rings is 1. The Morgan fingerprint density at radius 2 is 2.06 bits per heavy atom.